The molecule has 2 aromatic carbocycles. The summed E-state index contributed by atoms with van der Waals surface area (Å²) >= 11 is 4.36. The third kappa shape index (κ3) is 3.13. The van der Waals surface area contributed by atoms with Crippen LogP contribution in [0.25, 0.3) is 0 Å². The Labute approximate surface area is 127 Å². The van der Waals surface area contributed by atoms with Crippen LogP contribution in [0.1, 0.15) is 10.4 Å². The third-order valence-electron chi connectivity index (χ3n) is 2.54. The van der Waals surface area contributed by atoms with E-state index in [1.54, 1.807) is 30.5 Å². The molecule has 0 aliphatic carbocycles. The molecule has 1 N–H and O–H groups in total. The van der Waals surface area contributed by atoms with Crippen molar-refractivity contribution in [2.45, 2.75) is 4.90 Å². The number of rotatable bonds is 4. The van der Waals surface area contributed by atoms with Gasteiger partial charge >= 0.3 is 5.97 Å². The highest BCUT2D eigenvalue weighted by Crippen LogP contribution is 2.33. The Kier molecular flexibility index (Phi) is 4.67. The van der Waals surface area contributed by atoms with Gasteiger partial charge in [0.1, 0.15) is 22.9 Å². The van der Waals surface area contributed by atoms with Crippen molar-refractivity contribution >= 4 is 33.7 Å². The van der Waals surface area contributed by atoms with Crippen molar-refractivity contribution in [1.82, 2.24) is 0 Å². The zero-order valence-corrected chi connectivity index (χ0v) is 12.8. The molecule has 3 nitrogen and oxygen atoms in total. The number of hydrogen-bond acceptors (Lipinski definition) is 3. The fourth-order valence-electron chi connectivity index (χ4n) is 1.64. The van der Waals surface area contributed by atoms with Crippen LogP contribution >= 0.6 is 27.7 Å². The van der Waals surface area contributed by atoms with Crippen molar-refractivity contribution in [3.63, 3.8) is 0 Å². The van der Waals surface area contributed by atoms with E-state index >= 15 is 0 Å². The summed E-state index contributed by atoms with van der Waals surface area (Å²) in [5.41, 5.74) is 0.0725. The lowest BCUT2D eigenvalue weighted by Crippen LogP contribution is -2.02. The first-order valence-electron chi connectivity index (χ1n) is 5.56. The lowest BCUT2D eigenvalue weighted by atomic mass is 10.2. The number of benzene rings is 2. The first-order valence-corrected chi connectivity index (χ1v) is 7.58. The smallest absolute Gasteiger partial charge is 0.340 e. The van der Waals surface area contributed by atoms with E-state index < -0.39 is 11.8 Å². The summed E-state index contributed by atoms with van der Waals surface area (Å²) in [6.45, 7) is 0. The maximum atomic E-state index is 13.4. The Morgan fingerprint density at radius 1 is 1.35 bits per heavy atom. The van der Waals surface area contributed by atoms with E-state index in [0.29, 0.717) is 9.37 Å². The molecule has 0 aliphatic rings. The highest BCUT2D eigenvalue weighted by Gasteiger charge is 2.17. The van der Waals surface area contributed by atoms with Gasteiger partial charge in [-0.3, -0.25) is 0 Å². The second-order valence-corrected chi connectivity index (χ2v) is 5.52. The van der Waals surface area contributed by atoms with Crippen LogP contribution in [0.15, 0.2) is 45.8 Å². The minimum atomic E-state index is -1.08. The van der Waals surface area contributed by atoms with Crippen molar-refractivity contribution in [1.29, 1.82) is 0 Å². The molecular weight excluding hydrogens is 347 g/mol. The highest BCUT2D eigenvalue weighted by molar-refractivity contribution is 9.10. The summed E-state index contributed by atoms with van der Waals surface area (Å²) < 4.78 is 19.3. The van der Waals surface area contributed by atoms with Crippen LogP contribution < -0.4 is 4.74 Å². The molecule has 0 bridgehead atoms. The molecular formula is C14H10BrFO3S. The van der Waals surface area contributed by atoms with E-state index in [4.69, 9.17) is 4.74 Å². The topological polar surface area (TPSA) is 46.5 Å². The predicted octanol–water partition coefficient (Wildman–Crippen LogP) is 4.80. The van der Waals surface area contributed by atoms with E-state index in [-0.39, 0.29) is 17.1 Å². The first kappa shape index (κ1) is 14.9. The lowest BCUT2D eigenvalue weighted by Gasteiger charge is -2.11. The molecule has 0 aliphatic heterocycles. The monoisotopic (exact) mass is 356 g/mol. The number of thioether (sulfide) groups is 1. The van der Waals surface area contributed by atoms with E-state index in [1.807, 2.05) is 0 Å². The van der Waals surface area contributed by atoms with E-state index in [2.05, 4.69) is 15.9 Å². The molecule has 0 fully saturated rings. The van der Waals surface area contributed by atoms with Crippen LogP contribution in [-0.4, -0.2) is 17.3 Å². The van der Waals surface area contributed by atoms with Crippen LogP contribution in [-0.2, 0) is 0 Å². The van der Waals surface area contributed by atoms with Gasteiger partial charge in [0.25, 0.3) is 0 Å². The number of carboxylic acid groups (broad SMARTS) is 1. The quantitative estimate of drug-likeness (QED) is 0.799. The SMILES string of the molecule is CSc1cccc(Oc2ccc(Br)c(F)c2)c1C(=O)O. The van der Waals surface area contributed by atoms with Gasteiger partial charge in [-0.25, -0.2) is 9.18 Å². The molecule has 0 saturated heterocycles. The molecule has 0 aromatic heterocycles. The number of carbonyl (C=O) groups is 1. The van der Waals surface area contributed by atoms with Crippen LogP contribution in [0.3, 0.4) is 0 Å². The fourth-order valence-corrected chi connectivity index (χ4v) is 2.50. The Balaban J connectivity index is 2.42. The van der Waals surface area contributed by atoms with Gasteiger partial charge in [0.2, 0.25) is 0 Å². The standard InChI is InChI=1S/C14H10BrFO3S/c1-20-12-4-2-3-11(13(12)14(17)18)19-8-5-6-9(15)10(16)7-8/h2-7H,1H3,(H,17,18). The maximum absolute atomic E-state index is 13.4. The van der Waals surface area contributed by atoms with Gasteiger partial charge in [-0.05, 0) is 46.5 Å². The third-order valence-corrected chi connectivity index (χ3v) is 3.96. The van der Waals surface area contributed by atoms with Crippen molar-refractivity contribution in [2.24, 2.45) is 0 Å². The molecule has 6 heteroatoms. The van der Waals surface area contributed by atoms with Crippen LogP contribution in [0.2, 0.25) is 0 Å². The molecule has 0 spiro atoms. The van der Waals surface area contributed by atoms with Crippen LogP contribution in [0, 0.1) is 5.82 Å². The molecule has 104 valence electrons. The summed E-state index contributed by atoms with van der Waals surface area (Å²) in [7, 11) is 0. The molecule has 0 saturated carbocycles. The van der Waals surface area contributed by atoms with Crippen molar-refractivity contribution in [3.05, 3.63) is 52.3 Å². The summed E-state index contributed by atoms with van der Waals surface area (Å²) in [5, 5.41) is 9.28. The molecule has 20 heavy (non-hydrogen) atoms. The van der Waals surface area contributed by atoms with Gasteiger partial charge in [-0.2, -0.15) is 0 Å². The molecule has 0 radical (unpaired) electrons. The fraction of sp³-hybridized carbons (Fsp3) is 0.0714. The molecule has 2 aromatic rings. The summed E-state index contributed by atoms with van der Waals surface area (Å²) in [4.78, 5) is 11.9. The van der Waals surface area contributed by atoms with Crippen molar-refractivity contribution < 1.29 is 19.0 Å². The Bertz CT molecular complexity index is 661. The Hall–Kier alpha value is -1.53. The second kappa shape index (κ2) is 6.28. The van der Waals surface area contributed by atoms with Gasteiger partial charge in [0.15, 0.2) is 0 Å². The molecule has 0 atom stereocenters. The first-order chi connectivity index (χ1) is 9.52. The lowest BCUT2D eigenvalue weighted by molar-refractivity contribution is 0.0690. The highest BCUT2D eigenvalue weighted by atomic mass is 79.9. The summed E-state index contributed by atoms with van der Waals surface area (Å²) in [6, 6.07) is 9.20. The van der Waals surface area contributed by atoms with Crippen LogP contribution in [0.4, 0.5) is 4.39 Å². The van der Waals surface area contributed by atoms with Crippen molar-refractivity contribution in [3.8, 4) is 11.5 Å². The number of aromatic carboxylic acids is 1. The minimum Gasteiger partial charge on any atom is -0.478 e. The van der Waals surface area contributed by atoms with Gasteiger partial charge in [-0.15, -0.1) is 11.8 Å². The van der Waals surface area contributed by atoms with E-state index in [1.165, 1.54) is 23.9 Å². The predicted molar refractivity (Wildman–Crippen MR) is 79.4 cm³/mol. The Morgan fingerprint density at radius 2 is 2.10 bits per heavy atom. The zero-order valence-electron chi connectivity index (χ0n) is 10.4. The van der Waals surface area contributed by atoms with Crippen LogP contribution in [0.5, 0.6) is 11.5 Å². The summed E-state index contributed by atoms with van der Waals surface area (Å²) in [6.07, 6.45) is 1.78. The minimum absolute atomic E-state index is 0.0725. The molecule has 0 amide bonds. The average molecular weight is 357 g/mol. The normalized spacial score (nSPS) is 10.3. The zero-order chi connectivity index (χ0) is 14.7. The largest absolute Gasteiger partial charge is 0.478 e. The number of hydrogen-bond donors (Lipinski definition) is 1. The summed E-state index contributed by atoms with van der Waals surface area (Å²) in [5.74, 6) is -1.12. The van der Waals surface area contributed by atoms with Gasteiger partial charge in [0, 0.05) is 11.0 Å². The molecule has 2 rings (SSSR count). The number of carboxylic acids is 1. The maximum Gasteiger partial charge on any atom is 0.340 e. The molecule has 0 unspecified atom stereocenters. The average Bonchev–Trinajstić information content (AvgIpc) is 2.42. The van der Waals surface area contributed by atoms with Crippen molar-refractivity contribution in [2.75, 3.05) is 6.26 Å². The van der Waals surface area contributed by atoms with Gasteiger partial charge in [-0.1, -0.05) is 6.07 Å². The van der Waals surface area contributed by atoms with Gasteiger partial charge < -0.3 is 9.84 Å². The Morgan fingerprint density at radius 3 is 2.70 bits per heavy atom. The van der Waals surface area contributed by atoms with E-state index in [9.17, 15) is 14.3 Å². The molecule has 0 heterocycles. The number of halogens is 2. The van der Waals surface area contributed by atoms with E-state index in [0.717, 1.165) is 0 Å². The second-order valence-electron chi connectivity index (χ2n) is 3.82. The number of ether oxygens (including phenoxy) is 1. The van der Waals surface area contributed by atoms with Gasteiger partial charge in [0.05, 0.1) is 4.47 Å².